The fourth-order valence-electron chi connectivity index (χ4n) is 1.66. The number of pyridine rings is 1. The van der Waals surface area contributed by atoms with Crippen LogP contribution in [0.2, 0.25) is 0 Å². The van der Waals surface area contributed by atoms with Crippen molar-refractivity contribution in [1.29, 1.82) is 0 Å². The number of benzene rings is 1. The second-order valence-corrected chi connectivity index (χ2v) is 4.18. The first-order chi connectivity index (χ1) is 9.29. The Bertz CT molecular complexity index is 647. The van der Waals surface area contributed by atoms with Crippen LogP contribution in [0.5, 0.6) is 0 Å². The fourth-order valence-corrected chi connectivity index (χ4v) is 1.66. The number of nitrogens with zero attached hydrogens (tertiary/aromatic N) is 1. The SMILES string of the molecule is CC(=O)c1ccc(-c2ccc(C(F)(F)F)cc2F)nc1. The van der Waals surface area contributed by atoms with Gasteiger partial charge in [-0.1, -0.05) is 0 Å². The summed E-state index contributed by atoms with van der Waals surface area (Å²) in [7, 11) is 0. The summed E-state index contributed by atoms with van der Waals surface area (Å²) in [6.07, 6.45) is -3.33. The maximum atomic E-state index is 13.7. The van der Waals surface area contributed by atoms with Crippen molar-refractivity contribution in [3.05, 3.63) is 53.5 Å². The van der Waals surface area contributed by atoms with Crippen molar-refractivity contribution in [1.82, 2.24) is 4.98 Å². The Hall–Kier alpha value is -2.24. The van der Waals surface area contributed by atoms with Crippen LogP contribution in [-0.2, 0) is 6.18 Å². The lowest BCUT2D eigenvalue weighted by atomic mass is 10.1. The van der Waals surface area contributed by atoms with Crippen molar-refractivity contribution in [3.63, 3.8) is 0 Å². The van der Waals surface area contributed by atoms with E-state index in [1.807, 2.05) is 0 Å². The topological polar surface area (TPSA) is 30.0 Å². The van der Waals surface area contributed by atoms with Gasteiger partial charge in [-0.15, -0.1) is 0 Å². The molecule has 0 aliphatic carbocycles. The summed E-state index contributed by atoms with van der Waals surface area (Å²) in [5.74, 6) is -1.21. The minimum Gasteiger partial charge on any atom is -0.294 e. The first-order valence-corrected chi connectivity index (χ1v) is 5.63. The summed E-state index contributed by atoms with van der Waals surface area (Å²) in [6, 6.07) is 5.08. The molecule has 104 valence electrons. The van der Waals surface area contributed by atoms with E-state index >= 15 is 0 Å². The van der Waals surface area contributed by atoms with Gasteiger partial charge >= 0.3 is 6.18 Å². The van der Waals surface area contributed by atoms with E-state index in [1.54, 1.807) is 0 Å². The highest BCUT2D eigenvalue weighted by atomic mass is 19.4. The molecule has 0 aliphatic rings. The van der Waals surface area contributed by atoms with E-state index < -0.39 is 17.6 Å². The molecule has 0 N–H and O–H groups in total. The summed E-state index contributed by atoms with van der Waals surface area (Å²) in [4.78, 5) is 15.0. The summed E-state index contributed by atoms with van der Waals surface area (Å²) >= 11 is 0. The molecule has 0 radical (unpaired) electrons. The Morgan fingerprint density at radius 1 is 1.15 bits per heavy atom. The summed E-state index contributed by atoms with van der Waals surface area (Å²) in [5, 5.41) is 0. The zero-order valence-corrected chi connectivity index (χ0v) is 10.3. The van der Waals surface area contributed by atoms with Gasteiger partial charge in [0.05, 0.1) is 11.3 Å². The van der Waals surface area contributed by atoms with Crippen LogP contribution in [0.4, 0.5) is 17.6 Å². The summed E-state index contributed by atoms with van der Waals surface area (Å²) < 4.78 is 51.0. The Morgan fingerprint density at radius 3 is 2.30 bits per heavy atom. The summed E-state index contributed by atoms with van der Waals surface area (Å²) in [5.41, 5.74) is -0.588. The van der Waals surface area contributed by atoms with Crippen LogP contribution in [0.1, 0.15) is 22.8 Å². The fraction of sp³-hybridized carbons (Fsp3) is 0.143. The molecule has 1 aromatic carbocycles. The van der Waals surface area contributed by atoms with Crippen molar-refractivity contribution >= 4 is 5.78 Å². The molecule has 0 fully saturated rings. The number of halogens is 4. The monoisotopic (exact) mass is 283 g/mol. The molecule has 0 bridgehead atoms. The lowest BCUT2D eigenvalue weighted by Crippen LogP contribution is -2.05. The van der Waals surface area contributed by atoms with E-state index in [0.717, 1.165) is 12.1 Å². The first-order valence-electron chi connectivity index (χ1n) is 5.63. The maximum absolute atomic E-state index is 13.7. The number of rotatable bonds is 2. The molecular weight excluding hydrogens is 274 g/mol. The number of carbonyl (C=O) groups is 1. The first kappa shape index (κ1) is 14.2. The molecule has 0 spiro atoms. The molecule has 20 heavy (non-hydrogen) atoms. The van der Waals surface area contributed by atoms with Gasteiger partial charge in [0.2, 0.25) is 0 Å². The van der Waals surface area contributed by atoms with E-state index in [4.69, 9.17) is 0 Å². The molecule has 1 aromatic heterocycles. The number of carbonyl (C=O) groups excluding carboxylic acids is 1. The average molecular weight is 283 g/mol. The number of hydrogen-bond donors (Lipinski definition) is 0. The molecule has 0 atom stereocenters. The average Bonchev–Trinajstić information content (AvgIpc) is 2.37. The molecule has 0 unspecified atom stereocenters. The zero-order chi connectivity index (χ0) is 14.9. The predicted octanol–water partition coefficient (Wildman–Crippen LogP) is 4.11. The van der Waals surface area contributed by atoms with Crippen molar-refractivity contribution in [2.24, 2.45) is 0 Å². The third kappa shape index (κ3) is 2.84. The number of Topliss-reactive ketones (excluding diaryl/α,β-unsaturated/α-hetero) is 1. The summed E-state index contributed by atoms with van der Waals surface area (Å²) in [6.45, 7) is 1.36. The van der Waals surface area contributed by atoms with E-state index in [1.165, 1.54) is 25.3 Å². The van der Waals surface area contributed by atoms with Gasteiger partial charge in [-0.25, -0.2) is 4.39 Å². The predicted molar refractivity (Wildman–Crippen MR) is 64.6 cm³/mol. The molecule has 2 rings (SSSR count). The van der Waals surface area contributed by atoms with Crippen molar-refractivity contribution in [3.8, 4) is 11.3 Å². The molecule has 2 nitrogen and oxygen atoms in total. The van der Waals surface area contributed by atoms with Gasteiger partial charge in [-0.3, -0.25) is 9.78 Å². The molecule has 0 saturated carbocycles. The second-order valence-electron chi connectivity index (χ2n) is 4.18. The van der Waals surface area contributed by atoms with E-state index in [2.05, 4.69) is 4.98 Å². The second kappa shape index (κ2) is 5.03. The smallest absolute Gasteiger partial charge is 0.294 e. The van der Waals surface area contributed by atoms with E-state index in [9.17, 15) is 22.4 Å². The highest BCUT2D eigenvalue weighted by Crippen LogP contribution is 2.32. The third-order valence-electron chi connectivity index (χ3n) is 2.74. The van der Waals surface area contributed by atoms with Crippen molar-refractivity contribution in [2.75, 3.05) is 0 Å². The molecule has 2 aromatic rings. The Labute approximate surface area is 112 Å². The molecular formula is C14H9F4NO. The normalized spacial score (nSPS) is 11.4. The van der Waals surface area contributed by atoms with Gasteiger partial charge in [-0.05, 0) is 37.3 Å². The van der Waals surface area contributed by atoms with Gasteiger partial charge in [0, 0.05) is 17.3 Å². The van der Waals surface area contributed by atoms with Crippen LogP contribution >= 0.6 is 0 Å². The van der Waals surface area contributed by atoms with Gasteiger partial charge < -0.3 is 0 Å². The molecule has 6 heteroatoms. The van der Waals surface area contributed by atoms with Crippen LogP contribution in [0.15, 0.2) is 36.5 Å². The van der Waals surface area contributed by atoms with Crippen molar-refractivity contribution in [2.45, 2.75) is 13.1 Å². The number of aromatic nitrogens is 1. The van der Waals surface area contributed by atoms with Gasteiger partial charge in [0.25, 0.3) is 0 Å². The number of alkyl halides is 3. The number of ketones is 1. The minimum absolute atomic E-state index is 0.0481. The van der Waals surface area contributed by atoms with Crippen LogP contribution in [0, 0.1) is 5.82 Å². The quantitative estimate of drug-likeness (QED) is 0.613. The van der Waals surface area contributed by atoms with Crippen LogP contribution in [0.25, 0.3) is 11.3 Å². The highest BCUT2D eigenvalue weighted by Gasteiger charge is 2.31. The molecule has 1 heterocycles. The lowest BCUT2D eigenvalue weighted by molar-refractivity contribution is -0.137. The Kier molecular flexibility index (Phi) is 3.57. The number of hydrogen-bond acceptors (Lipinski definition) is 2. The maximum Gasteiger partial charge on any atom is 0.416 e. The van der Waals surface area contributed by atoms with Gasteiger partial charge in [0.1, 0.15) is 5.82 Å². The standard InChI is InChI=1S/C14H9F4NO/c1-8(20)9-2-5-13(19-7-9)11-4-3-10(6-12(11)15)14(16,17)18/h2-7H,1H3. The highest BCUT2D eigenvalue weighted by molar-refractivity contribution is 5.93. The van der Waals surface area contributed by atoms with Crippen molar-refractivity contribution < 1.29 is 22.4 Å². The molecule has 0 amide bonds. The van der Waals surface area contributed by atoms with Crippen LogP contribution < -0.4 is 0 Å². The Morgan fingerprint density at radius 2 is 1.85 bits per heavy atom. The lowest BCUT2D eigenvalue weighted by Gasteiger charge is -2.09. The van der Waals surface area contributed by atoms with E-state index in [0.29, 0.717) is 11.6 Å². The molecule has 0 aliphatic heterocycles. The van der Waals surface area contributed by atoms with E-state index in [-0.39, 0.29) is 17.0 Å². The van der Waals surface area contributed by atoms with Gasteiger partial charge in [0.15, 0.2) is 5.78 Å². The van der Waals surface area contributed by atoms with Gasteiger partial charge in [-0.2, -0.15) is 13.2 Å². The molecule has 0 saturated heterocycles. The zero-order valence-electron chi connectivity index (χ0n) is 10.3. The van der Waals surface area contributed by atoms with Crippen LogP contribution in [-0.4, -0.2) is 10.8 Å². The Balaban J connectivity index is 2.41. The third-order valence-corrected chi connectivity index (χ3v) is 2.74. The largest absolute Gasteiger partial charge is 0.416 e. The minimum atomic E-state index is -4.59. The van der Waals surface area contributed by atoms with Crippen LogP contribution in [0.3, 0.4) is 0 Å².